The second kappa shape index (κ2) is 36.8. The lowest BCUT2D eigenvalue weighted by atomic mass is 9.87. The number of halogens is 6. The van der Waals surface area contributed by atoms with Gasteiger partial charge in [-0.05, 0) is 202 Å². The molecule has 0 bridgehead atoms. The Bertz CT molecular complexity index is 5380. The number of alkyl halides is 6. The monoisotopic (exact) mass is 1620 g/mol. The molecule has 0 spiro atoms. The van der Waals surface area contributed by atoms with E-state index in [0.717, 1.165) is 60.3 Å². The van der Waals surface area contributed by atoms with Crippen molar-refractivity contribution in [1.82, 2.24) is 30.9 Å². The maximum Gasteiger partial charge on any atom is 0.416 e. The zero-order chi connectivity index (χ0) is 85.8. The fourth-order valence-electron chi connectivity index (χ4n) is 13.3. The van der Waals surface area contributed by atoms with E-state index in [0.29, 0.717) is 100 Å². The van der Waals surface area contributed by atoms with E-state index < -0.39 is 65.2 Å². The van der Waals surface area contributed by atoms with Gasteiger partial charge in [-0.2, -0.15) is 26.3 Å². The van der Waals surface area contributed by atoms with E-state index in [9.17, 15) is 74.3 Å². The molecule has 12 rings (SSSR count). The summed E-state index contributed by atoms with van der Waals surface area (Å²) >= 11 is 0. The molecule has 8 N–H and O–H groups in total. The SMILES string of the molecule is CNC(=O)c1cc(N(C)C(=O)Nc2cc(C(=O)N3CCCc4ccc(C(F)(F)F)cc43)ccc2C)ccn1.CNC(=O)c1cc(N(C)C(=O)Nc2cc(C(=O)Nc3cc(C(F)(F)F)ccc3N3CCCCC3)ccc2C)ccn1.CNC(=O)c1cc(N(C)C(=O)Nc2cc(C(=O)Nc3ccc4c(c3)C(C)(C)CN4C(C)=O)ccc2C)ccn1. The van der Waals surface area contributed by atoms with Crippen molar-refractivity contribution in [2.75, 3.05) is 124 Å². The summed E-state index contributed by atoms with van der Waals surface area (Å²) in [7, 11) is 9.06. The topological polar surface area (TPSA) is 325 Å². The van der Waals surface area contributed by atoms with Crippen LogP contribution in [0.2, 0.25) is 0 Å². The van der Waals surface area contributed by atoms with E-state index >= 15 is 0 Å². The molecule has 0 saturated carbocycles. The van der Waals surface area contributed by atoms with Crippen molar-refractivity contribution in [2.24, 2.45) is 0 Å². The third kappa shape index (κ3) is 20.7. The van der Waals surface area contributed by atoms with E-state index in [2.05, 4.69) is 71.3 Å². The number of pyridine rings is 3. The molecule has 33 heteroatoms. The molecular weight excluding hydrogens is 1530 g/mol. The molecule has 3 aromatic heterocycles. The molecule has 0 aliphatic carbocycles. The normalized spacial score (nSPS) is 13.2. The number of anilines is 11. The Labute approximate surface area is 677 Å². The van der Waals surface area contributed by atoms with Gasteiger partial charge in [0.05, 0.1) is 22.5 Å². The molecule has 13 amide bonds. The fourth-order valence-corrected chi connectivity index (χ4v) is 13.3. The summed E-state index contributed by atoms with van der Waals surface area (Å²) in [5.74, 6) is -2.59. The first-order chi connectivity index (χ1) is 55.9. The highest BCUT2D eigenvalue weighted by Gasteiger charge is 2.38. The first kappa shape index (κ1) is 86.7. The predicted octanol–water partition coefficient (Wildman–Crippen LogP) is 15.0. The minimum Gasteiger partial charge on any atom is -0.370 e. The highest BCUT2D eigenvalue weighted by molar-refractivity contribution is 6.11. The average molecular weight is 1620 g/mol. The number of hydrogen-bond donors (Lipinski definition) is 8. The van der Waals surface area contributed by atoms with Gasteiger partial charge in [0.2, 0.25) is 5.91 Å². The third-order valence-corrected chi connectivity index (χ3v) is 20.1. The average Bonchev–Trinajstić information content (AvgIpc) is 1.55. The Morgan fingerprint density at radius 3 is 1.29 bits per heavy atom. The minimum absolute atomic E-state index is 0.0192. The lowest BCUT2D eigenvalue weighted by molar-refractivity contribution is -0.138. The highest BCUT2D eigenvalue weighted by Crippen LogP contribution is 2.43. The molecule has 27 nitrogen and oxygen atoms in total. The van der Waals surface area contributed by atoms with Gasteiger partial charge in [0.15, 0.2) is 0 Å². The predicted molar refractivity (Wildman–Crippen MR) is 441 cm³/mol. The summed E-state index contributed by atoms with van der Waals surface area (Å²) < 4.78 is 80.5. The molecule has 1 saturated heterocycles. The number of rotatable bonds is 15. The Morgan fingerprint density at radius 1 is 0.415 bits per heavy atom. The van der Waals surface area contributed by atoms with E-state index in [1.165, 1.54) is 122 Å². The van der Waals surface area contributed by atoms with E-state index in [1.54, 1.807) is 93.4 Å². The molecule has 3 aliphatic heterocycles. The maximum absolute atomic E-state index is 13.5. The number of nitrogens with zero attached hydrogens (tertiary/aromatic N) is 9. The van der Waals surface area contributed by atoms with E-state index in [4.69, 9.17) is 0 Å². The van der Waals surface area contributed by atoms with Gasteiger partial charge < -0.3 is 57.2 Å². The molecule has 6 heterocycles. The third-order valence-electron chi connectivity index (χ3n) is 20.1. The number of nitrogens with one attached hydrogen (secondary N) is 8. The van der Waals surface area contributed by atoms with Crippen molar-refractivity contribution in [3.8, 4) is 0 Å². The van der Waals surface area contributed by atoms with Crippen molar-refractivity contribution < 1.29 is 74.3 Å². The van der Waals surface area contributed by atoms with Crippen LogP contribution in [0.25, 0.3) is 0 Å². The van der Waals surface area contributed by atoms with Crippen LogP contribution in [-0.2, 0) is 29.0 Å². The van der Waals surface area contributed by atoms with Crippen LogP contribution >= 0.6 is 0 Å². The molecule has 0 atom stereocenters. The molecule has 616 valence electrons. The number of urea groups is 3. The van der Waals surface area contributed by atoms with Crippen LogP contribution < -0.4 is 71.9 Å². The Kier molecular flexibility index (Phi) is 27.0. The van der Waals surface area contributed by atoms with Crippen molar-refractivity contribution >= 4 is 122 Å². The zero-order valence-electron chi connectivity index (χ0n) is 66.8. The van der Waals surface area contributed by atoms with Gasteiger partial charge in [0.25, 0.3) is 35.4 Å². The Balaban J connectivity index is 0.000000187. The van der Waals surface area contributed by atoms with Crippen LogP contribution in [0.1, 0.15) is 148 Å². The van der Waals surface area contributed by atoms with E-state index in [1.807, 2.05) is 24.0 Å². The number of fused-ring (bicyclic) bond motifs is 2. The molecule has 9 aromatic rings. The Morgan fingerprint density at radius 2 is 0.839 bits per heavy atom. The molecule has 0 unspecified atom stereocenters. The van der Waals surface area contributed by atoms with Crippen molar-refractivity contribution in [3.05, 3.63) is 237 Å². The number of amides is 13. The van der Waals surface area contributed by atoms with Crippen LogP contribution in [-0.4, -0.2) is 143 Å². The second-order valence-electron chi connectivity index (χ2n) is 28.8. The Hall–Kier alpha value is -13.8. The fraction of sp³-hybridized carbons (Fsp3) is 0.282. The molecule has 6 aromatic carbocycles. The molecule has 118 heavy (non-hydrogen) atoms. The minimum atomic E-state index is -4.57. The first-order valence-corrected chi connectivity index (χ1v) is 37.4. The van der Waals surface area contributed by atoms with Gasteiger partial charge in [-0.1, -0.05) is 38.1 Å². The molecule has 3 aliphatic rings. The largest absolute Gasteiger partial charge is 0.416 e. The van der Waals surface area contributed by atoms with Crippen LogP contribution in [0.4, 0.5) is 103 Å². The van der Waals surface area contributed by atoms with Gasteiger partial charge >= 0.3 is 30.4 Å². The number of piperidine rings is 1. The summed E-state index contributed by atoms with van der Waals surface area (Å²) in [6.07, 6.45) is -0.745. The lowest BCUT2D eigenvalue weighted by Crippen LogP contribution is -2.36. The lowest BCUT2D eigenvalue weighted by Gasteiger charge is -2.31. The molecular formula is C85H89F6N17O10. The standard InChI is InChI=1S/C29H31F3N6O3.C29H32N6O4.C27H26F3N5O3/c1-18-7-8-19(15-22(18)36-28(41)37(3)21-11-12-34-24(17-21)27(40)33-2)26(39)35-23-16-20(29(30,31)32)9-10-25(23)38-13-5-4-6-14-38;1-17-7-8-19(13-23(17)33-28(39)34(6)21-11-12-31-24(15-21)27(38)30-5)26(37)32-20-9-10-25-22(14-20)29(3,4)16-35(25)18(2)36;1-16-6-7-18(25(37)35-12-4-5-17-8-9-19(14-23(17)35)27(28,29)30)13-21(16)33-26(38)34(3)20-10-11-32-22(15-20)24(36)31-2/h7-12,15-17H,4-6,13-14H2,1-3H3,(H,33,40)(H,35,39)(H,36,41);7-15H,16H2,1-6H3,(H,30,38)(H,32,37)(H,33,39);6-11,13-15H,4-5,12H2,1-3H3,(H,31,36)(H,33,38). The summed E-state index contributed by atoms with van der Waals surface area (Å²) in [4.78, 5) is 148. The summed E-state index contributed by atoms with van der Waals surface area (Å²) in [5.41, 5.74) is 7.92. The van der Waals surface area contributed by atoms with E-state index in [-0.39, 0.29) is 69.3 Å². The van der Waals surface area contributed by atoms with Gasteiger partial charge in [0.1, 0.15) is 17.1 Å². The number of carbonyl (C=O) groups excluding carboxylic acids is 10. The summed E-state index contributed by atoms with van der Waals surface area (Å²) in [6, 6.07) is 34.5. The van der Waals surface area contributed by atoms with Crippen LogP contribution in [0, 0.1) is 20.8 Å². The van der Waals surface area contributed by atoms with Gasteiger partial charge in [-0.25, -0.2) is 14.4 Å². The maximum atomic E-state index is 13.5. The van der Waals surface area contributed by atoms with Crippen LogP contribution in [0.5, 0.6) is 0 Å². The zero-order valence-corrected chi connectivity index (χ0v) is 66.8. The summed E-state index contributed by atoms with van der Waals surface area (Å²) in [5, 5.41) is 21.4. The van der Waals surface area contributed by atoms with Crippen LogP contribution in [0.3, 0.4) is 0 Å². The first-order valence-electron chi connectivity index (χ1n) is 37.4. The summed E-state index contributed by atoms with van der Waals surface area (Å²) in [6.45, 7) is 13.2. The number of benzene rings is 6. The smallest absolute Gasteiger partial charge is 0.370 e. The van der Waals surface area contributed by atoms with Gasteiger partial charge in [-0.3, -0.25) is 63.2 Å². The number of carbonyl (C=O) groups is 10. The quantitative estimate of drug-likeness (QED) is 0.0443. The number of aryl methyl sites for hydroxylation is 4. The van der Waals surface area contributed by atoms with Crippen molar-refractivity contribution in [2.45, 2.75) is 91.4 Å². The van der Waals surface area contributed by atoms with Crippen molar-refractivity contribution in [3.63, 3.8) is 0 Å². The van der Waals surface area contributed by atoms with Crippen LogP contribution in [0.15, 0.2) is 164 Å². The number of hydrogen-bond acceptors (Lipinski definition) is 14. The van der Waals surface area contributed by atoms with Gasteiger partial charge in [-0.15, -0.1) is 0 Å². The number of aromatic nitrogens is 3. The second-order valence-corrected chi connectivity index (χ2v) is 28.8. The molecule has 1 fully saturated rings. The van der Waals surface area contributed by atoms with Gasteiger partial charge in [0, 0.05) is 167 Å². The molecule has 0 radical (unpaired) electrons. The van der Waals surface area contributed by atoms with Crippen molar-refractivity contribution in [1.29, 1.82) is 0 Å². The highest BCUT2D eigenvalue weighted by atomic mass is 19.4.